The maximum Gasteiger partial charge on any atom is 0.416 e. The first kappa shape index (κ1) is 20.4. The highest BCUT2D eigenvalue weighted by Crippen LogP contribution is 2.32. The molecule has 2 heterocycles. The molecule has 3 aromatic rings. The molecule has 1 aliphatic carbocycles. The quantitative estimate of drug-likeness (QED) is 0.543. The van der Waals surface area contributed by atoms with Gasteiger partial charge in [0.2, 0.25) is 6.04 Å². The van der Waals surface area contributed by atoms with Crippen LogP contribution >= 0.6 is 0 Å². The summed E-state index contributed by atoms with van der Waals surface area (Å²) in [5.41, 5.74) is 2.22. The van der Waals surface area contributed by atoms with Crippen molar-refractivity contribution in [3.05, 3.63) is 95.3 Å². The average molecular weight is 422 g/mol. The van der Waals surface area contributed by atoms with E-state index in [0.29, 0.717) is 34.3 Å². The Hall–Kier alpha value is -3.86. The first-order chi connectivity index (χ1) is 14.8. The highest BCUT2D eigenvalue weighted by molar-refractivity contribution is 5.97. The standard InChI is InChI=1S/C23H17F3N4O/c1-27-18-7-9-19(10-8-18)29(2)22(31)16-11-12-30-21(13-16)20(14-28-30)15-3-5-17(6-4-15)23(24,25)26/h3-7,9-14,18H,8H2,2H3. The molecule has 1 aromatic carbocycles. The van der Waals surface area contributed by atoms with Crippen LogP contribution in [0.3, 0.4) is 0 Å². The molecule has 0 spiro atoms. The predicted molar refractivity (Wildman–Crippen MR) is 110 cm³/mol. The third kappa shape index (κ3) is 3.94. The van der Waals surface area contributed by atoms with Crippen LogP contribution in [0.15, 0.2) is 72.7 Å². The zero-order valence-corrected chi connectivity index (χ0v) is 16.5. The number of likely N-dealkylation sites (N-methyl/N-ethyl adjacent to an activating group) is 1. The van der Waals surface area contributed by atoms with E-state index in [1.807, 2.05) is 6.08 Å². The van der Waals surface area contributed by atoms with Crippen LogP contribution in [0.25, 0.3) is 21.5 Å². The monoisotopic (exact) mass is 422 g/mol. The normalized spacial score (nSPS) is 16.1. The SMILES string of the molecule is [C-]#[N+]C1C=CC(N(C)C(=O)c2ccn3ncc(-c4ccc(C(F)(F)F)cc4)c3c2)=CC1. The lowest BCUT2D eigenvalue weighted by atomic mass is 10.0. The summed E-state index contributed by atoms with van der Waals surface area (Å²) in [5, 5.41) is 4.24. The minimum Gasteiger partial charge on any atom is -0.312 e. The second-order valence-electron chi connectivity index (χ2n) is 7.16. The predicted octanol–water partition coefficient (Wildman–Crippen LogP) is 5.22. The summed E-state index contributed by atoms with van der Waals surface area (Å²) in [6.07, 6.45) is 4.74. The number of hydrogen-bond acceptors (Lipinski definition) is 2. The molecule has 5 nitrogen and oxygen atoms in total. The van der Waals surface area contributed by atoms with Crippen LogP contribution in [0.1, 0.15) is 22.3 Å². The number of fused-ring (bicyclic) bond motifs is 1. The van der Waals surface area contributed by atoms with Crippen molar-refractivity contribution in [2.24, 2.45) is 0 Å². The van der Waals surface area contributed by atoms with Gasteiger partial charge < -0.3 is 9.74 Å². The van der Waals surface area contributed by atoms with Crippen molar-refractivity contribution in [1.82, 2.24) is 14.5 Å². The number of nitrogens with zero attached hydrogens (tertiary/aromatic N) is 4. The molecule has 0 saturated heterocycles. The van der Waals surface area contributed by atoms with Crippen molar-refractivity contribution in [2.75, 3.05) is 7.05 Å². The molecule has 8 heteroatoms. The summed E-state index contributed by atoms with van der Waals surface area (Å²) >= 11 is 0. The van der Waals surface area contributed by atoms with Crippen molar-refractivity contribution < 1.29 is 18.0 Å². The molecule has 0 aliphatic heterocycles. The van der Waals surface area contributed by atoms with E-state index in [1.54, 1.807) is 48.2 Å². The second kappa shape index (κ2) is 7.76. The van der Waals surface area contributed by atoms with Gasteiger partial charge in [-0.15, -0.1) is 0 Å². The van der Waals surface area contributed by atoms with Crippen LogP contribution in [0.5, 0.6) is 0 Å². The van der Waals surface area contributed by atoms with Crippen molar-refractivity contribution in [3.63, 3.8) is 0 Å². The summed E-state index contributed by atoms with van der Waals surface area (Å²) in [6.45, 7) is 7.08. The Kier molecular flexibility index (Phi) is 5.11. The van der Waals surface area contributed by atoms with Crippen LogP contribution in [0, 0.1) is 6.57 Å². The average Bonchev–Trinajstić information content (AvgIpc) is 3.21. The lowest BCUT2D eigenvalue weighted by Gasteiger charge is -2.20. The van der Waals surface area contributed by atoms with Gasteiger partial charge in [-0.25, -0.2) is 11.1 Å². The molecular formula is C23H17F3N4O. The number of rotatable bonds is 3. The molecule has 0 bridgehead atoms. The van der Waals surface area contributed by atoms with E-state index in [0.717, 1.165) is 12.1 Å². The number of carbonyl (C=O) groups excluding carboxylic acids is 1. The van der Waals surface area contributed by atoms with Gasteiger partial charge in [-0.2, -0.15) is 18.3 Å². The van der Waals surface area contributed by atoms with E-state index in [-0.39, 0.29) is 11.9 Å². The van der Waals surface area contributed by atoms with E-state index in [1.165, 1.54) is 17.0 Å². The summed E-state index contributed by atoms with van der Waals surface area (Å²) < 4.78 is 40.1. The molecule has 1 unspecified atom stereocenters. The Morgan fingerprint density at radius 1 is 1.26 bits per heavy atom. The number of hydrogen-bond donors (Lipinski definition) is 0. The third-order valence-corrected chi connectivity index (χ3v) is 5.21. The number of halogens is 3. The number of alkyl halides is 3. The minimum atomic E-state index is -4.40. The van der Waals surface area contributed by atoms with E-state index in [9.17, 15) is 18.0 Å². The molecule has 4 rings (SSSR count). The highest BCUT2D eigenvalue weighted by atomic mass is 19.4. The van der Waals surface area contributed by atoms with Crippen molar-refractivity contribution in [2.45, 2.75) is 18.6 Å². The molecule has 1 atom stereocenters. The maximum absolute atomic E-state index is 13.0. The fraction of sp³-hybridized carbons (Fsp3) is 0.174. The fourth-order valence-electron chi connectivity index (χ4n) is 3.43. The molecule has 0 saturated carbocycles. The Bertz CT molecular complexity index is 1250. The topological polar surface area (TPSA) is 42.0 Å². The molecule has 1 amide bonds. The van der Waals surface area contributed by atoms with E-state index in [4.69, 9.17) is 6.57 Å². The summed E-state index contributed by atoms with van der Waals surface area (Å²) in [4.78, 5) is 18.0. The Labute approximate surface area is 176 Å². The Morgan fingerprint density at radius 3 is 2.61 bits per heavy atom. The van der Waals surface area contributed by atoms with Crippen LogP contribution in [-0.2, 0) is 6.18 Å². The van der Waals surface area contributed by atoms with Gasteiger partial charge in [-0.3, -0.25) is 4.79 Å². The second-order valence-corrected chi connectivity index (χ2v) is 7.16. The minimum absolute atomic E-state index is 0.207. The number of amides is 1. The lowest BCUT2D eigenvalue weighted by Crippen LogP contribution is -2.26. The highest BCUT2D eigenvalue weighted by Gasteiger charge is 2.30. The van der Waals surface area contributed by atoms with Crippen LogP contribution in [-0.4, -0.2) is 33.5 Å². The van der Waals surface area contributed by atoms with Crippen molar-refractivity contribution in [3.8, 4) is 11.1 Å². The molecule has 0 radical (unpaired) electrons. The lowest BCUT2D eigenvalue weighted by molar-refractivity contribution is -0.137. The summed E-state index contributed by atoms with van der Waals surface area (Å²) in [6, 6.07) is 7.96. The fourth-order valence-corrected chi connectivity index (χ4v) is 3.43. The largest absolute Gasteiger partial charge is 0.416 e. The van der Waals surface area contributed by atoms with Crippen LogP contribution < -0.4 is 0 Å². The van der Waals surface area contributed by atoms with Gasteiger partial charge in [0.05, 0.1) is 17.3 Å². The van der Waals surface area contributed by atoms with E-state index >= 15 is 0 Å². The first-order valence-corrected chi connectivity index (χ1v) is 9.46. The van der Waals surface area contributed by atoms with Gasteiger partial charge in [0, 0.05) is 36.5 Å². The summed E-state index contributed by atoms with van der Waals surface area (Å²) in [7, 11) is 1.66. The molecule has 0 N–H and O–H groups in total. The molecule has 156 valence electrons. The first-order valence-electron chi connectivity index (χ1n) is 9.46. The molecule has 1 aliphatic rings. The zero-order chi connectivity index (χ0) is 22.2. The maximum atomic E-state index is 13.0. The number of carbonyl (C=O) groups is 1. The van der Waals surface area contributed by atoms with E-state index < -0.39 is 11.7 Å². The number of aromatic nitrogens is 2. The molecular weight excluding hydrogens is 405 g/mol. The van der Waals surface area contributed by atoms with Crippen LogP contribution in [0.2, 0.25) is 0 Å². The van der Waals surface area contributed by atoms with Crippen LogP contribution in [0.4, 0.5) is 13.2 Å². The van der Waals surface area contributed by atoms with E-state index in [2.05, 4.69) is 9.94 Å². The Balaban J connectivity index is 1.64. The van der Waals surface area contributed by atoms with Gasteiger partial charge >= 0.3 is 6.18 Å². The van der Waals surface area contributed by atoms with Gasteiger partial charge in [0.15, 0.2) is 0 Å². The van der Waals surface area contributed by atoms with Gasteiger partial charge in [0.25, 0.3) is 5.91 Å². The van der Waals surface area contributed by atoms with Gasteiger partial charge in [-0.05, 0) is 42.0 Å². The number of benzene rings is 1. The number of allylic oxidation sites excluding steroid dienone is 1. The van der Waals surface area contributed by atoms with Crippen molar-refractivity contribution >= 4 is 11.4 Å². The third-order valence-electron chi connectivity index (χ3n) is 5.21. The Morgan fingerprint density at radius 2 is 2.00 bits per heavy atom. The number of pyridine rings is 1. The molecule has 2 aromatic heterocycles. The molecule has 0 fully saturated rings. The molecule has 31 heavy (non-hydrogen) atoms. The van der Waals surface area contributed by atoms with Gasteiger partial charge in [-0.1, -0.05) is 18.2 Å². The summed E-state index contributed by atoms with van der Waals surface area (Å²) in [5.74, 6) is -0.237. The smallest absolute Gasteiger partial charge is 0.312 e. The zero-order valence-electron chi connectivity index (χ0n) is 16.5. The van der Waals surface area contributed by atoms with Gasteiger partial charge in [0.1, 0.15) is 0 Å². The van der Waals surface area contributed by atoms with Crippen molar-refractivity contribution in [1.29, 1.82) is 0 Å².